The van der Waals surface area contributed by atoms with Crippen LogP contribution in [-0.2, 0) is 13.0 Å². The van der Waals surface area contributed by atoms with Crippen LogP contribution in [-0.4, -0.2) is 14.8 Å². The first-order chi connectivity index (χ1) is 12.1. The predicted octanol–water partition coefficient (Wildman–Crippen LogP) is 6.96. The van der Waals surface area contributed by atoms with E-state index in [-0.39, 0.29) is 0 Å². The molecule has 1 aromatic heterocycles. The van der Waals surface area contributed by atoms with Gasteiger partial charge >= 0.3 is 0 Å². The molecule has 0 bridgehead atoms. The number of thioether (sulfide) groups is 1. The third kappa shape index (κ3) is 5.98. The van der Waals surface area contributed by atoms with Gasteiger partial charge in [0.05, 0.1) is 6.33 Å². The van der Waals surface area contributed by atoms with Gasteiger partial charge in [0.2, 0.25) is 0 Å². The largest absolute Gasteiger partial charge is 0.336 e. The summed E-state index contributed by atoms with van der Waals surface area (Å²) in [7, 11) is 0. The third-order valence-corrected chi connectivity index (χ3v) is 7.10. The highest BCUT2D eigenvalue weighted by molar-refractivity contribution is 9.11. The molecule has 130 valence electrons. The van der Waals surface area contributed by atoms with Gasteiger partial charge in [0.15, 0.2) is 0 Å². The second kappa shape index (κ2) is 9.40. The van der Waals surface area contributed by atoms with Gasteiger partial charge in [-0.1, -0.05) is 44.0 Å². The standard InChI is InChI=1S/C19H17Br3N2S/c20-15-4-1-14(2-5-15)3-7-17(12-24-10-9-23-13-24)25-19-8-6-16(21)11-18(19)22/h1-2,4-6,8-11,13,17H,3,7,12H2. The second-order valence-corrected chi connectivity index (χ2v) is 9.77. The lowest BCUT2D eigenvalue weighted by Crippen LogP contribution is -2.13. The van der Waals surface area contributed by atoms with Gasteiger partial charge in [-0.25, -0.2) is 4.98 Å². The summed E-state index contributed by atoms with van der Waals surface area (Å²) in [5, 5.41) is 0.468. The van der Waals surface area contributed by atoms with Gasteiger partial charge in [-0.3, -0.25) is 0 Å². The van der Waals surface area contributed by atoms with Crippen molar-refractivity contribution >= 4 is 59.6 Å². The molecule has 1 unspecified atom stereocenters. The number of rotatable bonds is 7. The Labute approximate surface area is 177 Å². The number of halogens is 3. The SMILES string of the molecule is Brc1ccc(CCC(Cn2ccnc2)Sc2ccc(Br)cc2Br)cc1. The maximum absolute atomic E-state index is 4.17. The predicted molar refractivity (Wildman–Crippen MR) is 116 cm³/mol. The summed E-state index contributed by atoms with van der Waals surface area (Å²) in [6, 6.07) is 15.0. The fourth-order valence-corrected chi connectivity index (χ4v) is 5.30. The van der Waals surface area contributed by atoms with Crippen molar-refractivity contribution in [2.45, 2.75) is 29.5 Å². The summed E-state index contributed by atoms with van der Waals surface area (Å²) < 4.78 is 5.50. The average Bonchev–Trinajstić information content (AvgIpc) is 3.09. The van der Waals surface area contributed by atoms with Crippen LogP contribution in [0.5, 0.6) is 0 Å². The van der Waals surface area contributed by atoms with E-state index < -0.39 is 0 Å². The number of imidazole rings is 1. The molecule has 0 N–H and O–H groups in total. The maximum Gasteiger partial charge on any atom is 0.0946 e. The highest BCUT2D eigenvalue weighted by Crippen LogP contribution is 2.35. The maximum atomic E-state index is 4.17. The van der Waals surface area contributed by atoms with Gasteiger partial charge in [-0.05, 0) is 64.7 Å². The molecule has 6 heteroatoms. The molecule has 0 saturated carbocycles. The van der Waals surface area contributed by atoms with Crippen LogP contribution >= 0.6 is 59.6 Å². The smallest absolute Gasteiger partial charge is 0.0946 e. The van der Waals surface area contributed by atoms with E-state index in [0.717, 1.165) is 32.8 Å². The van der Waals surface area contributed by atoms with Crippen molar-refractivity contribution in [2.24, 2.45) is 0 Å². The lowest BCUT2D eigenvalue weighted by molar-refractivity contribution is 0.624. The first kappa shape index (κ1) is 19.2. The van der Waals surface area contributed by atoms with Crippen LogP contribution in [0.25, 0.3) is 0 Å². The van der Waals surface area contributed by atoms with E-state index in [1.165, 1.54) is 10.5 Å². The highest BCUT2D eigenvalue weighted by Gasteiger charge is 2.14. The van der Waals surface area contributed by atoms with Gasteiger partial charge in [-0.15, -0.1) is 11.8 Å². The van der Waals surface area contributed by atoms with Crippen LogP contribution in [0.3, 0.4) is 0 Å². The molecule has 0 fully saturated rings. The zero-order chi connectivity index (χ0) is 17.6. The van der Waals surface area contributed by atoms with Gasteiger partial charge in [0, 0.05) is 42.5 Å². The van der Waals surface area contributed by atoms with Crippen molar-refractivity contribution in [3.63, 3.8) is 0 Å². The number of benzene rings is 2. The van der Waals surface area contributed by atoms with E-state index >= 15 is 0 Å². The molecule has 0 saturated heterocycles. The summed E-state index contributed by atoms with van der Waals surface area (Å²) in [6.45, 7) is 0.948. The third-order valence-electron chi connectivity index (χ3n) is 3.83. The summed E-state index contributed by atoms with van der Waals surface area (Å²) in [5.41, 5.74) is 1.37. The van der Waals surface area contributed by atoms with Crippen LogP contribution in [0.4, 0.5) is 0 Å². The van der Waals surface area contributed by atoms with Crippen molar-refractivity contribution in [1.29, 1.82) is 0 Å². The zero-order valence-corrected chi connectivity index (χ0v) is 19.0. The lowest BCUT2D eigenvalue weighted by Gasteiger charge is -2.18. The number of hydrogen-bond acceptors (Lipinski definition) is 2. The lowest BCUT2D eigenvalue weighted by atomic mass is 10.1. The van der Waals surface area contributed by atoms with Gasteiger partial charge in [0.25, 0.3) is 0 Å². The molecule has 0 aliphatic rings. The molecule has 25 heavy (non-hydrogen) atoms. The van der Waals surface area contributed by atoms with Crippen LogP contribution in [0.1, 0.15) is 12.0 Å². The molecule has 2 aromatic carbocycles. The normalized spacial score (nSPS) is 12.3. The van der Waals surface area contributed by atoms with E-state index in [4.69, 9.17) is 0 Å². The molecule has 3 aromatic rings. The minimum atomic E-state index is 0.468. The second-order valence-electron chi connectivity index (χ2n) is 5.74. The summed E-state index contributed by atoms with van der Waals surface area (Å²) in [4.78, 5) is 5.44. The Morgan fingerprint density at radius 3 is 2.44 bits per heavy atom. The summed E-state index contributed by atoms with van der Waals surface area (Å²) in [6.07, 6.45) is 7.93. The average molecular weight is 545 g/mol. The molecular formula is C19H17Br3N2S. The monoisotopic (exact) mass is 542 g/mol. The van der Waals surface area contributed by atoms with Crippen LogP contribution in [0, 0.1) is 0 Å². The molecule has 3 rings (SSSR count). The molecule has 1 heterocycles. The first-order valence-corrected chi connectivity index (χ1v) is 11.2. The van der Waals surface area contributed by atoms with Crippen LogP contribution < -0.4 is 0 Å². The summed E-state index contributed by atoms with van der Waals surface area (Å²) in [5.74, 6) is 0. The van der Waals surface area contributed by atoms with E-state index in [1.54, 1.807) is 0 Å². The Kier molecular flexibility index (Phi) is 7.22. The Hall–Kier alpha value is -0.560. The minimum Gasteiger partial charge on any atom is -0.336 e. The Morgan fingerprint density at radius 2 is 1.76 bits per heavy atom. The molecular weight excluding hydrogens is 528 g/mol. The molecule has 0 aliphatic carbocycles. The number of aromatic nitrogens is 2. The molecule has 0 aliphatic heterocycles. The Bertz CT molecular complexity index is 804. The molecule has 0 radical (unpaired) electrons. The minimum absolute atomic E-state index is 0.468. The van der Waals surface area contributed by atoms with Gasteiger partial charge in [0.1, 0.15) is 0 Å². The quantitative estimate of drug-likeness (QED) is 0.299. The van der Waals surface area contributed by atoms with E-state index in [2.05, 4.69) is 99.8 Å². The molecule has 2 nitrogen and oxygen atoms in total. The van der Waals surface area contributed by atoms with Crippen molar-refractivity contribution < 1.29 is 0 Å². The van der Waals surface area contributed by atoms with Crippen molar-refractivity contribution in [3.8, 4) is 0 Å². The number of aryl methyl sites for hydroxylation is 1. The first-order valence-electron chi connectivity index (χ1n) is 7.92. The molecule has 0 amide bonds. The number of hydrogen-bond donors (Lipinski definition) is 0. The van der Waals surface area contributed by atoms with Gasteiger partial charge < -0.3 is 4.57 Å². The van der Waals surface area contributed by atoms with Crippen molar-refractivity contribution in [1.82, 2.24) is 9.55 Å². The van der Waals surface area contributed by atoms with Crippen LogP contribution in [0.2, 0.25) is 0 Å². The zero-order valence-electron chi connectivity index (χ0n) is 13.4. The fraction of sp³-hybridized carbons (Fsp3) is 0.211. The van der Waals surface area contributed by atoms with E-state index in [1.807, 2.05) is 30.5 Å². The summed E-state index contributed by atoms with van der Waals surface area (Å²) >= 11 is 12.6. The van der Waals surface area contributed by atoms with Crippen LogP contribution in [0.15, 0.2) is 79.5 Å². The Balaban J connectivity index is 1.71. The molecule has 0 spiro atoms. The van der Waals surface area contributed by atoms with E-state index in [9.17, 15) is 0 Å². The van der Waals surface area contributed by atoms with E-state index in [0.29, 0.717) is 5.25 Å². The topological polar surface area (TPSA) is 17.8 Å². The number of nitrogens with zero attached hydrogens (tertiary/aromatic N) is 2. The van der Waals surface area contributed by atoms with Gasteiger partial charge in [-0.2, -0.15) is 0 Å². The highest BCUT2D eigenvalue weighted by atomic mass is 79.9. The van der Waals surface area contributed by atoms with Crippen molar-refractivity contribution in [2.75, 3.05) is 0 Å². The fourth-order valence-electron chi connectivity index (χ4n) is 2.55. The Morgan fingerprint density at radius 1 is 1.00 bits per heavy atom. The van der Waals surface area contributed by atoms with Crippen molar-refractivity contribution in [3.05, 3.63) is 80.2 Å². The molecule has 1 atom stereocenters.